The van der Waals surface area contributed by atoms with Gasteiger partial charge in [0.05, 0.1) is 6.54 Å². The Balaban J connectivity index is 1.53. The van der Waals surface area contributed by atoms with Gasteiger partial charge in [0, 0.05) is 23.5 Å². The highest BCUT2D eigenvalue weighted by Crippen LogP contribution is 2.40. The van der Waals surface area contributed by atoms with Crippen LogP contribution in [0.5, 0.6) is 0 Å². The standard InChI is InChI=1S/C24H25N3O2/c28-26-23-7-5-18-14-19(4-6-21(18)23)22-15-20(16-27-12-2-1-3-13-27)29-24(22)17-8-10-25-11-9-17/h4,6,8-11,14-15,23H,1-3,5,7,12-13,16H2. The molecule has 2 aromatic heterocycles. The highest BCUT2D eigenvalue weighted by molar-refractivity contribution is 5.80. The van der Waals surface area contributed by atoms with Crippen LogP contribution in [0.25, 0.3) is 22.5 Å². The molecule has 1 aliphatic carbocycles. The minimum absolute atomic E-state index is 0.197. The number of nitroso groups, excluding NO2 is 1. The minimum Gasteiger partial charge on any atom is -0.459 e. The maximum atomic E-state index is 11.1. The molecule has 1 aliphatic heterocycles. The van der Waals surface area contributed by atoms with Gasteiger partial charge < -0.3 is 4.42 Å². The van der Waals surface area contributed by atoms with Crippen molar-refractivity contribution in [3.63, 3.8) is 0 Å². The molecule has 3 heterocycles. The molecular formula is C24H25N3O2. The molecule has 0 radical (unpaired) electrons. The molecule has 148 valence electrons. The van der Waals surface area contributed by atoms with Crippen LogP contribution in [0.2, 0.25) is 0 Å². The van der Waals surface area contributed by atoms with Gasteiger partial charge in [0.15, 0.2) is 0 Å². The zero-order valence-corrected chi connectivity index (χ0v) is 16.5. The first-order chi connectivity index (χ1) is 14.3. The van der Waals surface area contributed by atoms with Crippen molar-refractivity contribution in [1.29, 1.82) is 0 Å². The number of piperidine rings is 1. The molecular weight excluding hydrogens is 362 g/mol. The molecule has 3 aromatic rings. The third-order valence-electron chi connectivity index (χ3n) is 6.18. The fourth-order valence-corrected chi connectivity index (χ4v) is 4.66. The Bertz CT molecular complexity index is 1010. The fourth-order valence-electron chi connectivity index (χ4n) is 4.66. The van der Waals surface area contributed by atoms with E-state index >= 15 is 0 Å². The molecule has 0 saturated carbocycles. The highest BCUT2D eigenvalue weighted by Gasteiger charge is 2.25. The van der Waals surface area contributed by atoms with E-state index in [0.29, 0.717) is 0 Å². The minimum atomic E-state index is -0.197. The molecule has 0 amide bonds. The van der Waals surface area contributed by atoms with Crippen LogP contribution in [0.1, 0.15) is 48.6 Å². The number of furan rings is 1. The molecule has 5 heteroatoms. The summed E-state index contributed by atoms with van der Waals surface area (Å²) in [5, 5.41) is 3.28. The van der Waals surface area contributed by atoms with Gasteiger partial charge in [-0.15, -0.1) is 0 Å². The molecule has 0 bridgehead atoms. The van der Waals surface area contributed by atoms with Crippen LogP contribution < -0.4 is 0 Å². The van der Waals surface area contributed by atoms with Crippen molar-refractivity contribution in [2.24, 2.45) is 5.18 Å². The summed E-state index contributed by atoms with van der Waals surface area (Å²) >= 11 is 0. The van der Waals surface area contributed by atoms with Gasteiger partial charge in [0.1, 0.15) is 17.6 Å². The molecule has 0 spiro atoms. The molecule has 5 rings (SSSR count). The molecule has 2 aliphatic rings. The Morgan fingerprint density at radius 3 is 2.66 bits per heavy atom. The van der Waals surface area contributed by atoms with E-state index < -0.39 is 0 Å². The van der Waals surface area contributed by atoms with Crippen molar-refractivity contribution in [3.05, 3.63) is 70.6 Å². The van der Waals surface area contributed by atoms with Crippen LogP contribution >= 0.6 is 0 Å². The lowest BCUT2D eigenvalue weighted by molar-refractivity contribution is 0.206. The number of aromatic nitrogens is 1. The number of benzene rings is 1. The van der Waals surface area contributed by atoms with Gasteiger partial charge in [-0.2, -0.15) is 4.91 Å². The van der Waals surface area contributed by atoms with Crippen LogP contribution in [-0.4, -0.2) is 23.0 Å². The van der Waals surface area contributed by atoms with Gasteiger partial charge >= 0.3 is 0 Å². The van der Waals surface area contributed by atoms with Gasteiger partial charge in [0.2, 0.25) is 0 Å². The van der Waals surface area contributed by atoms with Crippen molar-refractivity contribution in [2.75, 3.05) is 13.1 Å². The third-order valence-corrected chi connectivity index (χ3v) is 6.18. The average molecular weight is 387 g/mol. The van der Waals surface area contributed by atoms with E-state index in [9.17, 15) is 4.91 Å². The number of rotatable bonds is 5. The molecule has 1 fully saturated rings. The fraction of sp³-hybridized carbons (Fsp3) is 0.375. The summed E-state index contributed by atoms with van der Waals surface area (Å²) < 4.78 is 6.38. The first kappa shape index (κ1) is 18.3. The smallest absolute Gasteiger partial charge is 0.142 e. The van der Waals surface area contributed by atoms with E-state index in [2.05, 4.69) is 39.3 Å². The largest absolute Gasteiger partial charge is 0.459 e. The number of aryl methyl sites for hydroxylation is 1. The Morgan fingerprint density at radius 1 is 1.03 bits per heavy atom. The zero-order valence-electron chi connectivity index (χ0n) is 16.5. The first-order valence-electron chi connectivity index (χ1n) is 10.5. The zero-order chi connectivity index (χ0) is 19.6. The van der Waals surface area contributed by atoms with Crippen molar-refractivity contribution in [1.82, 2.24) is 9.88 Å². The highest BCUT2D eigenvalue weighted by atomic mass is 16.3. The third kappa shape index (κ3) is 3.62. The summed E-state index contributed by atoms with van der Waals surface area (Å²) in [6.07, 6.45) is 9.18. The predicted molar refractivity (Wildman–Crippen MR) is 113 cm³/mol. The van der Waals surface area contributed by atoms with Crippen LogP contribution in [-0.2, 0) is 13.0 Å². The molecule has 29 heavy (non-hydrogen) atoms. The van der Waals surface area contributed by atoms with Crippen LogP contribution in [0.4, 0.5) is 0 Å². The van der Waals surface area contributed by atoms with Crippen LogP contribution in [0, 0.1) is 4.91 Å². The lowest BCUT2D eigenvalue weighted by Crippen LogP contribution is -2.28. The van der Waals surface area contributed by atoms with E-state index in [1.54, 1.807) is 12.4 Å². The lowest BCUT2D eigenvalue weighted by atomic mass is 9.98. The van der Waals surface area contributed by atoms with E-state index in [1.165, 1.54) is 24.8 Å². The predicted octanol–water partition coefficient (Wildman–Crippen LogP) is 5.75. The van der Waals surface area contributed by atoms with Crippen molar-refractivity contribution in [2.45, 2.75) is 44.7 Å². The van der Waals surface area contributed by atoms with E-state index in [0.717, 1.165) is 66.3 Å². The van der Waals surface area contributed by atoms with Gasteiger partial charge in [-0.3, -0.25) is 9.88 Å². The Hall–Kier alpha value is -2.79. The summed E-state index contributed by atoms with van der Waals surface area (Å²) in [6, 6.07) is 12.4. The number of hydrogen-bond donors (Lipinski definition) is 0. The lowest BCUT2D eigenvalue weighted by Gasteiger charge is -2.25. The number of nitrogens with zero attached hydrogens (tertiary/aromatic N) is 3. The summed E-state index contributed by atoms with van der Waals surface area (Å²) in [5.74, 6) is 1.89. The SMILES string of the molecule is O=NC1CCc2cc(-c3cc(CN4CCCCC4)oc3-c3ccncc3)ccc21. The topological polar surface area (TPSA) is 58.7 Å². The maximum Gasteiger partial charge on any atom is 0.142 e. The molecule has 1 atom stereocenters. The Labute approximate surface area is 170 Å². The average Bonchev–Trinajstić information content (AvgIpc) is 3.38. The second kappa shape index (κ2) is 7.91. The second-order valence-electron chi connectivity index (χ2n) is 8.10. The number of hydrogen-bond acceptors (Lipinski definition) is 5. The van der Waals surface area contributed by atoms with Gasteiger partial charge in [0.25, 0.3) is 0 Å². The van der Waals surface area contributed by atoms with E-state index in [1.807, 2.05) is 12.1 Å². The molecule has 5 nitrogen and oxygen atoms in total. The van der Waals surface area contributed by atoms with Gasteiger partial charge in [-0.05, 0) is 73.7 Å². The number of fused-ring (bicyclic) bond motifs is 1. The first-order valence-corrected chi connectivity index (χ1v) is 10.5. The number of likely N-dealkylation sites (tertiary alicyclic amines) is 1. The van der Waals surface area contributed by atoms with E-state index in [-0.39, 0.29) is 6.04 Å². The summed E-state index contributed by atoms with van der Waals surface area (Å²) in [5.41, 5.74) is 5.58. The monoisotopic (exact) mass is 387 g/mol. The maximum absolute atomic E-state index is 11.1. The molecule has 1 aromatic carbocycles. The molecule has 1 saturated heterocycles. The summed E-state index contributed by atoms with van der Waals surface area (Å²) in [4.78, 5) is 17.7. The molecule has 1 unspecified atom stereocenters. The van der Waals surface area contributed by atoms with Gasteiger partial charge in [-0.25, -0.2) is 0 Å². The normalized spacial score (nSPS) is 19.2. The van der Waals surface area contributed by atoms with Crippen molar-refractivity contribution in [3.8, 4) is 22.5 Å². The van der Waals surface area contributed by atoms with E-state index in [4.69, 9.17) is 4.42 Å². The Morgan fingerprint density at radius 2 is 1.86 bits per heavy atom. The number of pyridine rings is 1. The van der Waals surface area contributed by atoms with Crippen LogP contribution in [0.3, 0.4) is 0 Å². The van der Waals surface area contributed by atoms with Gasteiger partial charge in [-0.1, -0.05) is 29.8 Å². The van der Waals surface area contributed by atoms with Crippen LogP contribution in [0.15, 0.2) is 58.4 Å². The molecule has 0 N–H and O–H groups in total. The second-order valence-corrected chi connectivity index (χ2v) is 8.10. The summed E-state index contributed by atoms with van der Waals surface area (Å²) in [6.45, 7) is 3.12. The summed E-state index contributed by atoms with van der Waals surface area (Å²) in [7, 11) is 0. The Kier molecular flexibility index (Phi) is 4.98. The van der Waals surface area contributed by atoms with Crippen molar-refractivity contribution < 1.29 is 4.42 Å². The quantitative estimate of drug-likeness (QED) is 0.523. The van der Waals surface area contributed by atoms with Crippen molar-refractivity contribution >= 4 is 0 Å².